The number of likely N-dealkylation sites (tertiary alicyclic amines) is 1. The molecule has 2 heterocycles. The van der Waals surface area contributed by atoms with Crippen molar-refractivity contribution in [1.29, 1.82) is 0 Å². The zero-order chi connectivity index (χ0) is 19.3. The number of carbonyl (C=O) groups is 2. The lowest BCUT2D eigenvalue weighted by atomic mass is 9.72. The first-order chi connectivity index (χ1) is 13.0. The van der Waals surface area contributed by atoms with Crippen LogP contribution in [0, 0.1) is 0 Å². The Labute approximate surface area is 168 Å². The van der Waals surface area contributed by atoms with E-state index in [0.717, 1.165) is 29.4 Å². The van der Waals surface area contributed by atoms with Crippen molar-refractivity contribution in [2.24, 2.45) is 0 Å². The first kappa shape index (κ1) is 20.1. The SMILES string of the molecule is CCOC(=O)NC1CCCN(C(=O)C2(c3ccc(Br)cc3)CCOCC2)C1. The number of nitrogens with zero attached hydrogens (tertiary/aromatic N) is 1. The molecule has 1 atom stereocenters. The summed E-state index contributed by atoms with van der Waals surface area (Å²) in [5, 5.41) is 2.88. The van der Waals surface area contributed by atoms with Crippen LogP contribution in [0.15, 0.2) is 28.7 Å². The summed E-state index contributed by atoms with van der Waals surface area (Å²) >= 11 is 3.47. The first-order valence-electron chi connectivity index (χ1n) is 9.61. The van der Waals surface area contributed by atoms with Crippen molar-refractivity contribution in [3.63, 3.8) is 0 Å². The molecule has 0 saturated carbocycles. The predicted octanol–water partition coefficient (Wildman–Crippen LogP) is 3.23. The van der Waals surface area contributed by atoms with E-state index in [4.69, 9.17) is 9.47 Å². The summed E-state index contributed by atoms with van der Waals surface area (Å²) in [6, 6.07) is 7.98. The maximum atomic E-state index is 13.6. The van der Waals surface area contributed by atoms with Crippen LogP contribution in [0.1, 0.15) is 38.2 Å². The zero-order valence-corrected chi connectivity index (χ0v) is 17.3. The molecule has 0 aromatic heterocycles. The number of ether oxygens (including phenoxy) is 2. The van der Waals surface area contributed by atoms with Crippen LogP contribution in [-0.4, -0.2) is 55.9 Å². The van der Waals surface area contributed by atoms with Gasteiger partial charge < -0.3 is 19.7 Å². The highest BCUT2D eigenvalue weighted by Crippen LogP contribution is 2.38. The van der Waals surface area contributed by atoms with Gasteiger partial charge in [-0.05, 0) is 50.3 Å². The molecule has 1 aromatic carbocycles. The van der Waals surface area contributed by atoms with Gasteiger partial charge in [-0.25, -0.2) is 4.79 Å². The van der Waals surface area contributed by atoms with Gasteiger partial charge in [0.15, 0.2) is 0 Å². The fraction of sp³-hybridized carbons (Fsp3) is 0.600. The fourth-order valence-corrected chi connectivity index (χ4v) is 4.30. The van der Waals surface area contributed by atoms with Crippen molar-refractivity contribution in [2.45, 2.75) is 44.1 Å². The third-order valence-electron chi connectivity index (χ3n) is 5.46. The Morgan fingerprint density at radius 2 is 2.00 bits per heavy atom. The smallest absolute Gasteiger partial charge is 0.407 e. The molecule has 27 heavy (non-hydrogen) atoms. The molecule has 2 amide bonds. The molecule has 1 aromatic rings. The third-order valence-corrected chi connectivity index (χ3v) is 5.99. The van der Waals surface area contributed by atoms with Crippen molar-refractivity contribution in [3.8, 4) is 0 Å². The Morgan fingerprint density at radius 1 is 1.30 bits per heavy atom. The summed E-state index contributed by atoms with van der Waals surface area (Å²) in [6.07, 6.45) is 2.68. The molecule has 2 aliphatic heterocycles. The summed E-state index contributed by atoms with van der Waals surface area (Å²) in [5.74, 6) is 0.142. The number of piperidine rings is 1. The summed E-state index contributed by atoms with van der Waals surface area (Å²) in [5.41, 5.74) is 0.490. The van der Waals surface area contributed by atoms with Gasteiger partial charge in [-0.2, -0.15) is 0 Å². The van der Waals surface area contributed by atoms with Gasteiger partial charge in [0.25, 0.3) is 0 Å². The highest BCUT2D eigenvalue weighted by atomic mass is 79.9. The van der Waals surface area contributed by atoms with Gasteiger partial charge in [0.1, 0.15) is 0 Å². The Balaban J connectivity index is 1.77. The second-order valence-corrected chi connectivity index (χ2v) is 8.07. The number of nitrogens with one attached hydrogen (secondary N) is 1. The highest BCUT2D eigenvalue weighted by Gasteiger charge is 2.45. The molecular formula is C20H27BrN2O4. The average Bonchev–Trinajstić information content (AvgIpc) is 2.69. The molecule has 0 aliphatic carbocycles. The molecule has 3 rings (SSSR count). The van der Waals surface area contributed by atoms with Crippen molar-refractivity contribution in [1.82, 2.24) is 10.2 Å². The highest BCUT2D eigenvalue weighted by molar-refractivity contribution is 9.10. The zero-order valence-electron chi connectivity index (χ0n) is 15.7. The number of benzene rings is 1. The summed E-state index contributed by atoms with van der Waals surface area (Å²) in [4.78, 5) is 27.3. The Bertz CT molecular complexity index is 658. The van der Waals surface area contributed by atoms with E-state index >= 15 is 0 Å². The van der Waals surface area contributed by atoms with Crippen LogP contribution >= 0.6 is 15.9 Å². The van der Waals surface area contributed by atoms with E-state index in [1.165, 1.54) is 0 Å². The van der Waals surface area contributed by atoms with Crippen LogP contribution in [0.2, 0.25) is 0 Å². The van der Waals surface area contributed by atoms with Crippen LogP contribution in [0.5, 0.6) is 0 Å². The second kappa shape index (κ2) is 9.06. The molecular weight excluding hydrogens is 412 g/mol. The number of hydrogen-bond acceptors (Lipinski definition) is 4. The van der Waals surface area contributed by atoms with E-state index in [1.54, 1.807) is 6.92 Å². The first-order valence-corrected chi connectivity index (χ1v) is 10.4. The Hall–Kier alpha value is -1.60. The quantitative estimate of drug-likeness (QED) is 0.783. The average molecular weight is 439 g/mol. The van der Waals surface area contributed by atoms with Crippen molar-refractivity contribution >= 4 is 27.9 Å². The van der Waals surface area contributed by atoms with Crippen molar-refractivity contribution < 1.29 is 19.1 Å². The summed E-state index contributed by atoms with van der Waals surface area (Å²) < 4.78 is 11.5. The van der Waals surface area contributed by atoms with Crippen molar-refractivity contribution in [3.05, 3.63) is 34.3 Å². The normalized spacial score (nSPS) is 22.1. The Morgan fingerprint density at radius 3 is 2.67 bits per heavy atom. The summed E-state index contributed by atoms with van der Waals surface area (Å²) in [6.45, 7) is 4.54. The Kier molecular flexibility index (Phi) is 6.76. The molecule has 2 aliphatic rings. The van der Waals surface area contributed by atoms with E-state index in [9.17, 15) is 9.59 Å². The topological polar surface area (TPSA) is 67.9 Å². The molecule has 2 fully saturated rings. The van der Waals surface area contributed by atoms with Gasteiger partial charge in [-0.15, -0.1) is 0 Å². The van der Waals surface area contributed by atoms with Crippen LogP contribution in [-0.2, 0) is 19.7 Å². The fourth-order valence-electron chi connectivity index (χ4n) is 4.04. The largest absolute Gasteiger partial charge is 0.450 e. The number of alkyl carbamates (subject to hydrolysis) is 1. The van der Waals surface area contributed by atoms with Gasteiger partial charge >= 0.3 is 6.09 Å². The number of hydrogen-bond donors (Lipinski definition) is 1. The van der Waals surface area contributed by atoms with Gasteiger partial charge in [-0.1, -0.05) is 28.1 Å². The minimum absolute atomic E-state index is 0.0661. The number of amides is 2. The molecule has 1 N–H and O–H groups in total. The van der Waals surface area contributed by atoms with Crippen LogP contribution < -0.4 is 5.32 Å². The second-order valence-electron chi connectivity index (χ2n) is 7.16. The summed E-state index contributed by atoms with van der Waals surface area (Å²) in [7, 11) is 0. The minimum Gasteiger partial charge on any atom is -0.450 e. The minimum atomic E-state index is -0.551. The molecule has 0 bridgehead atoms. The maximum absolute atomic E-state index is 13.6. The third kappa shape index (κ3) is 4.63. The molecule has 2 saturated heterocycles. The molecule has 0 radical (unpaired) electrons. The standard InChI is InChI=1S/C20H27BrN2O4/c1-2-27-19(25)22-17-4-3-11-23(14-17)18(24)20(9-12-26-13-10-20)15-5-7-16(21)8-6-15/h5-8,17H,2-4,9-14H2,1H3,(H,22,25). The monoisotopic (exact) mass is 438 g/mol. The van der Waals surface area contributed by atoms with E-state index in [1.807, 2.05) is 29.2 Å². The van der Waals surface area contributed by atoms with Crippen molar-refractivity contribution in [2.75, 3.05) is 32.9 Å². The molecule has 148 valence electrons. The lowest BCUT2D eigenvalue weighted by Gasteiger charge is -2.42. The lowest BCUT2D eigenvalue weighted by Crippen LogP contribution is -2.56. The number of carbonyl (C=O) groups excluding carboxylic acids is 2. The van der Waals surface area contributed by atoms with E-state index in [0.29, 0.717) is 39.2 Å². The van der Waals surface area contributed by atoms with E-state index in [-0.39, 0.29) is 11.9 Å². The van der Waals surface area contributed by atoms with Gasteiger partial charge in [0.05, 0.1) is 12.0 Å². The number of rotatable bonds is 4. The van der Waals surface area contributed by atoms with E-state index < -0.39 is 11.5 Å². The van der Waals surface area contributed by atoms with Gasteiger partial charge in [-0.3, -0.25) is 4.79 Å². The van der Waals surface area contributed by atoms with Crippen LogP contribution in [0.4, 0.5) is 4.79 Å². The van der Waals surface area contributed by atoms with Crippen LogP contribution in [0.25, 0.3) is 0 Å². The lowest BCUT2D eigenvalue weighted by molar-refractivity contribution is -0.142. The molecule has 0 spiro atoms. The maximum Gasteiger partial charge on any atom is 0.407 e. The predicted molar refractivity (Wildman–Crippen MR) is 106 cm³/mol. The van der Waals surface area contributed by atoms with Gasteiger partial charge in [0.2, 0.25) is 5.91 Å². The van der Waals surface area contributed by atoms with Gasteiger partial charge in [0, 0.05) is 36.8 Å². The number of halogens is 1. The molecule has 1 unspecified atom stereocenters. The molecule has 6 nitrogen and oxygen atoms in total. The molecule has 7 heteroatoms. The van der Waals surface area contributed by atoms with Crippen LogP contribution in [0.3, 0.4) is 0 Å². The van der Waals surface area contributed by atoms with E-state index in [2.05, 4.69) is 21.2 Å².